The first-order chi connectivity index (χ1) is 36.9. The number of carbonyl (C=O) groups is 3. The van der Waals surface area contributed by atoms with Crippen molar-refractivity contribution in [3.63, 3.8) is 0 Å². The van der Waals surface area contributed by atoms with Crippen molar-refractivity contribution in [1.29, 1.82) is 0 Å². The van der Waals surface area contributed by atoms with Crippen molar-refractivity contribution in [2.75, 3.05) is 53.6 Å². The van der Waals surface area contributed by atoms with Gasteiger partial charge in [0.2, 0.25) is 0 Å². The number of fused-ring (bicyclic) bond motifs is 7. The third-order valence-electron chi connectivity index (χ3n) is 18.2. The number of nitrogens with two attached hydrogens (primary N) is 1. The molecular formula is C60H89N3O13P+. The first-order valence-corrected chi connectivity index (χ1v) is 30.5. The molecule has 0 spiro atoms. The Morgan fingerprint density at radius 1 is 0.948 bits per heavy atom. The lowest BCUT2D eigenvalue weighted by atomic mass is 9.46. The van der Waals surface area contributed by atoms with E-state index in [0.717, 1.165) is 102 Å². The summed E-state index contributed by atoms with van der Waals surface area (Å²) in [4.78, 5) is 60.4. The Morgan fingerprint density at radius 2 is 1.70 bits per heavy atom. The topological polar surface area (TPSA) is 233 Å². The fourth-order valence-electron chi connectivity index (χ4n) is 14.2. The molecule has 2 aromatic rings. The summed E-state index contributed by atoms with van der Waals surface area (Å²) in [5.74, 6) is -1.08. The third-order valence-corrected chi connectivity index (χ3v) is 18.6. The monoisotopic (exact) mass is 1090 g/mol. The standard InChI is InChI=1S/C60H88N3O13P/c1-59-29-28-46(64)35-45(59)25-26-47-48-36-53-56(75-58(74-53)42-21-10-7-11-22-42)60(48,37-50(65)55(47)59)54(67)40-73-57(68)49(61)23-12-15-31-63(2,3)39-44-34-43(24-27-52(44)76-77(69,70)71)51(66)38-62-30-14-4-5-16-32-72-33-17-13-20-41-18-8-6-9-19-41/h6,8-9,18-19,24,27-29,34-35,42,47-51,53,55-56,58,62,65-66H,4-5,7,10-17,20-23,25-26,30-33,36-40,61H2,1-3H3,(H-,69,70,71)/p+1/t47?,48?,49-,50-,51?,53+,55?,56+,58+,59-,60-/m0/s1. The van der Waals surface area contributed by atoms with E-state index in [-0.39, 0.29) is 53.5 Å². The van der Waals surface area contributed by atoms with Crippen LogP contribution in [0.15, 0.2) is 72.3 Å². The molecule has 0 aromatic heterocycles. The summed E-state index contributed by atoms with van der Waals surface area (Å²) < 4.78 is 42.7. The van der Waals surface area contributed by atoms with Gasteiger partial charge in [-0.1, -0.05) is 87.1 Å². The van der Waals surface area contributed by atoms with E-state index in [2.05, 4.69) is 36.5 Å². The summed E-state index contributed by atoms with van der Waals surface area (Å²) in [5, 5.41) is 26.7. The van der Waals surface area contributed by atoms with Crippen LogP contribution < -0.4 is 15.6 Å². The predicted molar refractivity (Wildman–Crippen MR) is 292 cm³/mol. The van der Waals surface area contributed by atoms with Gasteiger partial charge in [-0.25, -0.2) is 4.57 Å². The molecular weight excluding hydrogens is 1000 g/mol. The Bertz CT molecular complexity index is 2410. The molecule has 0 amide bonds. The van der Waals surface area contributed by atoms with Crippen molar-refractivity contribution in [2.24, 2.45) is 40.2 Å². The van der Waals surface area contributed by atoms with E-state index < -0.39 is 61.9 Å². The first-order valence-electron chi connectivity index (χ1n) is 29.0. The van der Waals surface area contributed by atoms with Crippen LogP contribution in [0.3, 0.4) is 0 Å². The van der Waals surface area contributed by atoms with Gasteiger partial charge in [-0.2, -0.15) is 0 Å². The number of nitrogens with one attached hydrogen (secondary N) is 1. The van der Waals surface area contributed by atoms with Crippen molar-refractivity contribution in [2.45, 2.75) is 172 Å². The fourth-order valence-corrected chi connectivity index (χ4v) is 14.7. The zero-order valence-electron chi connectivity index (χ0n) is 45.9. The minimum absolute atomic E-state index is 0.0366. The summed E-state index contributed by atoms with van der Waals surface area (Å²) in [6.07, 6.45) is 18.8. The molecule has 5 fully saturated rings. The van der Waals surface area contributed by atoms with Crippen LogP contribution in [-0.4, -0.2) is 126 Å². The molecule has 17 heteroatoms. The number of hydrogen-bond donors (Lipinski definition) is 6. The van der Waals surface area contributed by atoms with Gasteiger partial charge >= 0.3 is 13.8 Å². The smallest absolute Gasteiger partial charge is 0.457 e. The lowest BCUT2D eigenvalue weighted by Crippen LogP contribution is -2.61. The molecule has 0 bridgehead atoms. The Kier molecular flexibility index (Phi) is 20.7. The van der Waals surface area contributed by atoms with Gasteiger partial charge in [-0.05, 0) is 144 Å². The zero-order valence-corrected chi connectivity index (χ0v) is 46.8. The van der Waals surface area contributed by atoms with Gasteiger partial charge < -0.3 is 49.2 Å². The average molecular weight is 1090 g/mol. The summed E-state index contributed by atoms with van der Waals surface area (Å²) in [7, 11) is -0.904. The van der Waals surface area contributed by atoms with Crippen molar-refractivity contribution in [1.82, 2.24) is 5.32 Å². The molecule has 2 aromatic carbocycles. The number of hydrogen-bond acceptors (Lipinski definition) is 13. The highest BCUT2D eigenvalue weighted by Crippen LogP contribution is 2.67. The van der Waals surface area contributed by atoms with Crippen molar-refractivity contribution < 1.29 is 66.9 Å². The molecule has 16 nitrogen and oxygen atoms in total. The molecule has 1 saturated heterocycles. The van der Waals surface area contributed by atoms with Gasteiger partial charge in [-0.15, -0.1) is 0 Å². The molecule has 4 saturated carbocycles. The maximum Gasteiger partial charge on any atom is 0.524 e. The number of ether oxygens (including phenoxy) is 4. The van der Waals surface area contributed by atoms with Gasteiger partial charge in [0.1, 0.15) is 18.3 Å². The third kappa shape index (κ3) is 15.0. The number of Topliss-reactive ketones (excluding diaryl/α,β-unsaturated/α-hetero) is 1. The molecule has 8 rings (SSSR count). The second-order valence-electron chi connectivity index (χ2n) is 24.2. The largest absolute Gasteiger partial charge is 0.524 e. The van der Waals surface area contributed by atoms with E-state index in [0.29, 0.717) is 67.3 Å². The summed E-state index contributed by atoms with van der Waals surface area (Å²) in [6, 6.07) is 14.4. The minimum atomic E-state index is -4.88. The number of unbranched alkanes of at least 4 members (excludes halogenated alkanes) is 5. The van der Waals surface area contributed by atoms with Crippen molar-refractivity contribution in [3.8, 4) is 5.75 Å². The molecule has 6 aliphatic rings. The lowest BCUT2D eigenvalue weighted by Gasteiger charge is -2.58. The van der Waals surface area contributed by atoms with Crippen LogP contribution in [0.2, 0.25) is 0 Å². The van der Waals surface area contributed by atoms with Crippen molar-refractivity contribution in [3.05, 3.63) is 89.0 Å². The van der Waals surface area contributed by atoms with Gasteiger partial charge in [0, 0.05) is 42.6 Å². The minimum Gasteiger partial charge on any atom is -0.457 e. The average Bonchev–Trinajstić information content (AvgIpc) is 4.22. The Labute approximate surface area is 456 Å². The van der Waals surface area contributed by atoms with Crippen molar-refractivity contribution >= 4 is 25.4 Å². The molecule has 0 radical (unpaired) electrons. The van der Waals surface area contributed by atoms with E-state index in [9.17, 15) is 38.9 Å². The number of phosphoric ester groups is 1. The molecule has 5 aliphatic carbocycles. The number of carbonyl (C=O) groups excluding carboxylic acids is 3. The molecule has 4 unspecified atom stereocenters. The normalized spacial score (nSPS) is 29.0. The molecule has 11 atom stereocenters. The highest BCUT2D eigenvalue weighted by molar-refractivity contribution is 7.46. The highest BCUT2D eigenvalue weighted by Gasteiger charge is 2.71. The Balaban J connectivity index is 0.785. The van der Waals surface area contributed by atoms with E-state index in [1.807, 2.05) is 26.2 Å². The van der Waals surface area contributed by atoms with Crippen LogP contribution in [0.5, 0.6) is 5.75 Å². The maximum atomic E-state index is 14.9. The Morgan fingerprint density at radius 3 is 2.47 bits per heavy atom. The number of rotatable bonds is 29. The number of allylic oxidation sites excluding steroid dienone is 4. The Hall–Kier alpha value is -3.64. The van der Waals surface area contributed by atoms with E-state index in [1.54, 1.807) is 24.3 Å². The number of phosphoric acid groups is 1. The lowest BCUT2D eigenvalue weighted by molar-refractivity contribution is -0.903. The summed E-state index contributed by atoms with van der Waals surface area (Å²) in [5.41, 5.74) is 8.34. The number of ketones is 2. The molecule has 426 valence electrons. The number of esters is 1. The van der Waals surface area contributed by atoms with Gasteiger partial charge in [0.15, 0.2) is 24.5 Å². The number of aliphatic hydroxyl groups is 2. The summed E-state index contributed by atoms with van der Waals surface area (Å²) in [6.45, 7) is 5.19. The number of benzene rings is 2. The number of nitrogens with zero attached hydrogens (tertiary/aromatic N) is 1. The van der Waals surface area contributed by atoms with E-state index in [1.165, 1.54) is 18.1 Å². The van der Waals surface area contributed by atoms with E-state index in [4.69, 9.17) is 29.2 Å². The molecule has 77 heavy (non-hydrogen) atoms. The van der Waals surface area contributed by atoms with Gasteiger partial charge in [0.25, 0.3) is 0 Å². The van der Waals surface area contributed by atoms with Crippen LogP contribution >= 0.6 is 7.82 Å². The van der Waals surface area contributed by atoms with Crippen LogP contribution in [0, 0.1) is 34.5 Å². The van der Waals surface area contributed by atoms with Crippen LogP contribution in [0.4, 0.5) is 0 Å². The number of aliphatic hydroxyl groups excluding tert-OH is 2. The van der Waals surface area contributed by atoms with Gasteiger partial charge in [0.05, 0.1) is 50.5 Å². The second-order valence-corrected chi connectivity index (χ2v) is 25.3. The number of aryl methyl sites for hydroxylation is 1. The highest BCUT2D eigenvalue weighted by atomic mass is 31.2. The SMILES string of the molecule is C[C@]12C=CC(=O)C=C1CCC1C2[C@@H](O)C[C@@]2(C(=O)COC(=O)[C@@H](N)CCCC[N+](C)(C)Cc3cc(C(O)CNCCCCCCOCCCCc4ccccc4)ccc3OP(=O)(O)O)C1C[C@H]1O[C@@H](C3CCCCC3)O[C@H]12. The predicted octanol–water partition coefficient (Wildman–Crippen LogP) is 8.13. The summed E-state index contributed by atoms with van der Waals surface area (Å²) >= 11 is 0. The first kappa shape index (κ1) is 59.5. The van der Waals surface area contributed by atoms with Crippen LogP contribution in [0.25, 0.3) is 0 Å². The quantitative estimate of drug-likeness (QED) is 0.0195. The molecule has 1 aliphatic heterocycles. The van der Waals surface area contributed by atoms with E-state index >= 15 is 0 Å². The zero-order chi connectivity index (χ0) is 54.8. The van der Waals surface area contributed by atoms with Gasteiger partial charge in [-0.3, -0.25) is 24.2 Å². The fraction of sp³-hybridized carbons (Fsp3) is 0.683. The van der Waals surface area contributed by atoms with Crippen LogP contribution in [0.1, 0.15) is 145 Å². The number of quaternary nitrogens is 1. The van der Waals surface area contributed by atoms with Crippen LogP contribution in [-0.2, 0) is 50.9 Å². The molecule has 7 N–H and O–H groups in total. The maximum absolute atomic E-state index is 14.9. The molecule has 1 heterocycles. The second kappa shape index (κ2) is 26.8.